The maximum atomic E-state index is 12.2. The molecule has 0 radical (unpaired) electrons. The molecule has 30 heavy (non-hydrogen) atoms. The van der Waals surface area contributed by atoms with Crippen molar-refractivity contribution in [2.75, 3.05) is 52.8 Å². The van der Waals surface area contributed by atoms with Gasteiger partial charge in [-0.3, -0.25) is 9.59 Å². The molecule has 0 unspecified atom stereocenters. The van der Waals surface area contributed by atoms with Crippen LogP contribution in [0.1, 0.15) is 24.3 Å². The van der Waals surface area contributed by atoms with Gasteiger partial charge >= 0.3 is 0 Å². The van der Waals surface area contributed by atoms with Crippen molar-refractivity contribution in [2.24, 2.45) is 0 Å². The van der Waals surface area contributed by atoms with Crippen LogP contribution in [0.5, 0.6) is 5.75 Å². The van der Waals surface area contributed by atoms with Gasteiger partial charge in [0.25, 0.3) is 0 Å². The third-order valence-electron chi connectivity index (χ3n) is 5.28. The third kappa shape index (κ3) is 5.48. The van der Waals surface area contributed by atoms with Gasteiger partial charge in [-0.2, -0.15) is 0 Å². The molecule has 1 aromatic rings. The standard InChI is InChI=1S/C21H31N3O6/c1-24(2)11-20(27)23-13-4-5-17-15(8-13)16-9-14(10-19(26)22-6-7-28-3)29-18(12-25)21(16)30-17/h4-5,8,14,16,18,21,25H,6-7,9-12H2,1-3H3,(H,22,26)(H,23,27)/t14-,16-,18+,21+/m0/s1. The van der Waals surface area contributed by atoms with Crippen LogP contribution in [-0.4, -0.2) is 87.6 Å². The number of aliphatic hydroxyl groups excluding tert-OH is 1. The first-order valence-electron chi connectivity index (χ1n) is 10.2. The second kappa shape index (κ2) is 10.2. The van der Waals surface area contributed by atoms with Crippen molar-refractivity contribution in [2.45, 2.75) is 37.1 Å². The summed E-state index contributed by atoms with van der Waals surface area (Å²) in [5.74, 6) is 0.494. The Morgan fingerprint density at radius 2 is 2.10 bits per heavy atom. The number of likely N-dealkylation sites (N-methyl/N-ethyl adjacent to an activating group) is 1. The molecule has 2 aliphatic rings. The highest BCUT2D eigenvalue weighted by Crippen LogP contribution is 2.47. The van der Waals surface area contributed by atoms with Gasteiger partial charge in [0, 0.05) is 30.8 Å². The molecule has 4 atom stereocenters. The lowest BCUT2D eigenvalue weighted by Gasteiger charge is -2.37. The maximum Gasteiger partial charge on any atom is 0.238 e. The van der Waals surface area contributed by atoms with Crippen molar-refractivity contribution in [1.29, 1.82) is 0 Å². The molecule has 3 N–H and O–H groups in total. The van der Waals surface area contributed by atoms with Gasteiger partial charge in [-0.05, 0) is 38.7 Å². The summed E-state index contributed by atoms with van der Waals surface area (Å²) >= 11 is 0. The second-order valence-corrected chi connectivity index (χ2v) is 7.99. The van der Waals surface area contributed by atoms with Crippen molar-refractivity contribution in [1.82, 2.24) is 10.2 Å². The van der Waals surface area contributed by atoms with E-state index in [1.54, 1.807) is 18.1 Å². The van der Waals surface area contributed by atoms with Crippen LogP contribution in [0.4, 0.5) is 5.69 Å². The van der Waals surface area contributed by atoms with Crippen LogP contribution in [-0.2, 0) is 19.1 Å². The maximum absolute atomic E-state index is 12.2. The fourth-order valence-corrected chi connectivity index (χ4v) is 4.03. The van der Waals surface area contributed by atoms with Crippen molar-refractivity contribution in [3.8, 4) is 5.75 Å². The van der Waals surface area contributed by atoms with E-state index in [1.807, 2.05) is 26.2 Å². The van der Waals surface area contributed by atoms with E-state index in [9.17, 15) is 14.7 Å². The van der Waals surface area contributed by atoms with E-state index in [2.05, 4.69) is 10.6 Å². The molecule has 166 valence electrons. The van der Waals surface area contributed by atoms with Crippen molar-refractivity contribution in [3.63, 3.8) is 0 Å². The van der Waals surface area contributed by atoms with Crippen LogP contribution in [0.25, 0.3) is 0 Å². The molecular weight excluding hydrogens is 390 g/mol. The monoisotopic (exact) mass is 421 g/mol. The molecule has 1 saturated heterocycles. The van der Waals surface area contributed by atoms with E-state index in [0.29, 0.717) is 31.8 Å². The van der Waals surface area contributed by atoms with Gasteiger partial charge < -0.3 is 34.9 Å². The zero-order valence-electron chi connectivity index (χ0n) is 17.7. The molecule has 0 aliphatic carbocycles. The lowest BCUT2D eigenvalue weighted by molar-refractivity contribution is -0.142. The number of hydrogen-bond donors (Lipinski definition) is 3. The summed E-state index contributed by atoms with van der Waals surface area (Å²) in [6.45, 7) is 0.994. The number of nitrogens with one attached hydrogen (secondary N) is 2. The second-order valence-electron chi connectivity index (χ2n) is 7.99. The minimum Gasteiger partial charge on any atom is -0.487 e. The molecule has 2 heterocycles. The van der Waals surface area contributed by atoms with Gasteiger partial charge in [0.05, 0.1) is 32.3 Å². The molecular formula is C21H31N3O6. The zero-order chi connectivity index (χ0) is 21.7. The highest BCUT2D eigenvalue weighted by molar-refractivity contribution is 5.92. The molecule has 0 saturated carbocycles. The fraction of sp³-hybridized carbons (Fsp3) is 0.619. The van der Waals surface area contributed by atoms with E-state index < -0.39 is 6.10 Å². The molecule has 9 nitrogen and oxygen atoms in total. The number of amides is 2. The summed E-state index contributed by atoms with van der Waals surface area (Å²) in [6, 6.07) is 5.56. The smallest absolute Gasteiger partial charge is 0.238 e. The van der Waals surface area contributed by atoms with Gasteiger partial charge in [-0.25, -0.2) is 0 Å². The number of aliphatic hydroxyl groups is 1. The summed E-state index contributed by atoms with van der Waals surface area (Å²) in [5.41, 5.74) is 1.67. The average molecular weight is 421 g/mol. The number of hydrogen-bond acceptors (Lipinski definition) is 7. The lowest BCUT2D eigenvalue weighted by Crippen LogP contribution is -2.47. The van der Waals surface area contributed by atoms with E-state index in [4.69, 9.17) is 14.2 Å². The van der Waals surface area contributed by atoms with Crippen LogP contribution in [0, 0.1) is 0 Å². The molecule has 3 rings (SSSR count). The Labute approximate surface area is 176 Å². The first-order chi connectivity index (χ1) is 14.4. The van der Waals surface area contributed by atoms with Crippen LogP contribution in [0.2, 0.25) is 0 Å². The number of fused-ring (bicyclic) bond motifs is 3. The molecule has 0 bridgehead atoms. The number of benzene rings is 1. The van der Waals surface area contributed by atoms with Crippen molar-refractivity contribution >= 4 is 17.5 Å². The highest BCUT2D eigenvalue weighted by atomic mass is 16.6. The molecule has 0 aromatic heterocycles. The van der Waals surface area contributed by atoms with E-state index >= 15 is 0 Å². The Bertz CT molecular complexity index is 756. The van der Waals surface area contributed by atoms with E-state index in [-0.39, 0.29) is 43.0 Å². The Morgan fingerprint density at radius 3 is 2.80 bits per heavy atom. The summed E-state index contributed by atoms with van der Waals surface area (Å²) in [7, 11) is 5.25. The fourth-order valence-electron chi connectivity index (χ4n) is 4.03. The number of carbonyl (C=O) groups is 2. The van der Waals surface area contributed by atoms with Gasteiger partial charge in [0.1, 0.15) is 18.0 Å². The van der Waals surface area contributed by atoms with E-state index in [1.165, 1.54) is 0 Å². The van der Waals surface area contributed by atoms with Gasteiger partial charge in [-0.15, -0.1) is 0 Å². The minimum absolute atomic E-state index is 0.0200. The Kier molecular flexibility index (Phi) is 7.65. The van der Waals surface area contributed by atoms with Gasteiger partial charge in [-0.1, -0.05) is 0 Å². The summed E-state index contributed by atoms with van der Waals surface area (Å²) in [4.78, 5) is 26.1. The number of methoxy groups -OCH3 is 1. The SMILES string of the molecule is COCCNC(=O)C[C@@H]1C[C@H]2c3cc(NC(=O)CN(C)C)ccc3O[C@H]2[C@@H](CO)O1. The molecule has 0 spiro atoms. The summed E-state index contributed by atoms with van der Waals surface area (Å²) in [6.07, 6.45) is -0.350. The van der Waals surface area contributed by atoms with Gasteiger partial charge in [0.2, 0.25) is 11.8 Å². The van der Waals surface area contributed by atoms with Gasteiger partial charge in [0.15, 0.2) is 0 Å². The Morgan fingerprint density at radius 1 is 1.30 bits per heavy atom. The van der Waals surface area contributed by atoms with Crippen LogP contribution in [0.15, 0.2) is 18.2 Å². The highest BCUT2D eigenvalue weighted by Gasteiger charge is 2.46. The average Bonchev–Trinajstić information content (AvgIpc) is 3.05. The number of anilines is 1. The summed E-state index contributed by atoms with van der Waals surface area (Å²) in [5, 5.41) is 15.5. The normalized spacial score (nSPS) is 24.7. The first kappa shape index (κ1) is 22.5. The number of carbonyl (C=O) groups excluding carboxylic acids is 2. The zero-order valence-corrected chi connectivity index (χ0v) is 17.7. The topological polar surface area (TPSA) is 109 Å². The largest absolute Gasteiger partial charge is 0.487 e. The molecule has 1 fully saturated rings. The number of ether oxygens (including phenoxy) is 3. The quantitative estimate of drug-likeness (QED) is 0.493. The molecule has 2 amide bonds. The predicted octanol–water partition coefficient (Wildman–Crippen LogP) is 0.334. The number of rotatable bonds is 9. The Hall–Kier alpha value is -2.20. The van der Waals surface area contributed by atoms with Crippen LogP contribution >= 0.6 is 0 Å². The Balaban J connectivity index is 1.70. The van der Waals surface area contributed by atoms with Crippen molar-refractivity contribution < 1.29 is 28.9 Å². The molecule has 2 aliphatic heterocycles. The van der Waals surface area contributed by atoms with Crippen LogP contribution < -0.4 is 15.4 Å². The van der Waals surface area contributed by atoms with Crippen molar-refractivity contribution in [3.05, 3.63) is 23.8 Å². The molecule has 1 aromatic carbocycles. The minimum atomic E-state index is -0.514. The third-order valence-corrected chi connectivity index (χ3v) is 5.28. The molecule has 9 heteroatoms. The van der Waals surface area contributed by atoms with Crippen LogP contribution in [0.3, 0.4) is 0 Å². The summed E-state index contributed by atoms with van der Waals surface area (Å²) < 4.78 is 16.9. The van der Waals surface area contributed by atoms with E-state index in [0.717, 1.165) is 11.3 Å². The predicted molar refractivity (Wildman–Crippen MR) is 111 cm³/mol. The number of nitrogens with zero attached hydrogens (tertiary/aromatic N) is 1. The lowest BCUT2D eigenvalue weighted by atomic mass is 9.84. The first-order valence-corrected chi connectivity index (χ1v) is 10.2.